The number of rotatable bonds is 2. The molecule has 0 atom stereocenters. The topological polar surface area (TPSA) is 76.0 Å². The Morgan fingerprint density at radius 3 is 2.42 bits per heavy atom. The average molecular weight is 318 g/mol. The van der Waals surface area contributed by atoms with E-state index in [9.17, 15) is 14.9 Å². The van der Waals surface area contributed by atoms with E-state index in [1.54, 1.807) is 19.1 Å². The molecular weight excluding hydrogens is 304 g/mol. The molecule has 2 aromatic heterocycles. The summed E-state index contributed by atoms with van der Waals surface area (Å²) in [5.74, 6) is -0.0153. The molecule has 2 heterocycles. The number of aromatic nitrogens is 1. The molecule has 0 N–H and O–H groups in total. The maximum absolute atomic E-state index is 12.8. The van der Waals surface area contributed by atoms with Crippen molar-refractivity contribution in [2.24, 2.45) is 0 Å². The van der Waals surface area contributed by atoms with E-state index in [2.05, 4.69) is 0 Å². The lowest BCUT2D eigenvalue weighted by Crippen LogP contribution is -2.30. The molecule has 0 aliphatic rings. The van der Waals surface area contributed by atoms with Crippen molar-refractivity contribution in [2.75, 3.05) is 0 Å². The van der Waals surface area contributed by atoms with Crippen LogP contribution >= 0.6 is 0 Å². The highest BCUT2D eigenvalue weighted by Gasteiger charge is 2.24. The number of nitrogens with zero attached hydrogens (tertiary/aromatic N) is 2. The number of carbonyl (C=O) groups excluding carboxylic acids is 1. The van der Waals surface area contributed by atoms with Gasteiger partial charge in [0, 0.05) is 12.5 Å². The van der Waals surface area contributed by atoms with E-state index >= 15 is 0 Å². The summed E-state index contributed by atoms with van der Waals surface area (Å²) in [6, 6.07) is 14.4. The fraction of sp³-hybridized carbons (Fsp3) is 0.105. The zero-order valence-electron chi connectivity index (χ0n) is 13.2. The van der Waals surface area contributed by atoms with Gasteiger partial charge >= 0.3 is 0 Å². The Labute approximate surface area is 138 Å². The summed E-state index contributed by atoms with van der Waals surface area (Å²) in [6.45, 7) is 3.08. The normalized spacial score (nSPS) is 10.4. The fourth-order valence-corrected chi connectivity index (χ4v) is 2.87. The van der Waals surface area contributed by atoms with E-state index in [1.165, 1.54) is 13.2 Å². The first-order chi connectivity index (χ1) is 11.6. The lowest BCUT2D eigenvalue weighted by atomic mass is 9.96. The summed E-state index contributed by atoms with van der Waals surface area (Å²) in [6.07, 6.45) is 1.48. The summed E-state index contributed by atoms with van der Waals surface area (Å²) in [7, 11) is 0. The van der Waals surface area contributed by atoms with Gasteiger partial charge in [0.2, 0.25) is 5.91 Å². The molecule has 0 aliphatic heterocycles. The quantitative estimate of drug-likeness (QED) is 0.723. The van der Waals surface area contributed by atoms with E-state index in [-0.39, 0.29) is 5.56 Å². The minimum absolute atomic E-state index is 0.0997. The third-order valence-electron chi connectivity index (χ3n) is 3.86. The van der Waals surface area contributed by atoms with Crippen LogP contribution in [0.25, 0.3) is 22.6 Å². The van der Waals surface area contributed by atoms with Crippen molar-refractivity contribution in [3.8, 4) is 28.7 Å². The molecule has 0 radical (unpaired) electrons. The van der Waals surface area contributed by atoms with Crippen molar-refractivity contribution in [1.29, 1.82) is 5.26 Å². The number of pyridine rings is 1. The number of hydrogen-bond donors (Lipinski definition) is 0. The van der Waals surface area contributed by atoms with Crippen LogP contribution in [0.5, 0.6) is 0 Å². The van der Waals surface area contributed by atoms with E-state index in [1.807, 2.05) is 36.4 Å². The van der Waals surface area contributed by atoms with Crippen molar-refractivity contribution in [1.82, 2.24) is 4.57 Å². The molecule has 3 rings (SSSR count). The van der Waals surface area contributed by atoms with Crippen molar-refractivity contribution in [3.63, 3.8) is 0 Å². The molecular formula is C19H14N2O3. The van der Waals surface area contributed by atoms with E-state index in [0.717, 1.165) is 10.1 Å². The Kier molecular flexibility index (Phi) is 3.88. The van der Waals surface area contributed by atoms with Crippen molar-refractivity contribution >= 4 is 5.91 Å². The summed E-state index contributed by atoms with van der Waals surface area (Å²) >= 11 is 0. The van der Waals surface area contributed by atoms with Crippen LogP contribution < -0.4 is 5.56 Å². The van der Waals surface area contributed by atoms with E-state index in [0.29, 0.717) is 22.6 Å². The van der Waals surface area contributed by atoms with Gasteiger partial charge in [0.15, 0.2) is 0 Å². The second-order valence-electron chi connectivity index (χ2n) is 5.34. The molecule has 0 amide bonds. The van der Waals surface area contributed by atoms with Crippen LogP contribution in [0.2, 0.25) is 0 Å². The first kappa shape index (κ1) is 15.5. The lowest BCUT2D eigenvalue weighted by molar-refractivity contribution is 0.0934. The summed E-state index contributed by atoms with van der Waals surface area (Å²) in [5, 5.41) is 9.47. The zero-order valence-corrected chi connectivity index (χ0v) is 13.2. The Balaban J connectivity index is 2.52. The maximum atomic E-state index is 12.8. The van der Waals surface area contributed by atoms with Gasteiger partial charge < -0.3 is 4.42 Å². The van der Waals surface area contributed by atoms with Gasteiger partial charge in [-0.2, -0.15) is 5.26 Å². The second-order valence-corrected chi connectivity index (χ2v) is 5.34. The molecule has 0 fully saturated rings. The van der Waals surface area contributed by atoms with Gasteiger partial charge in [-0.3, -0.25) is 9.59 Å². The number of carbonyl (C=O) groups is 1. The number of nitriles is 1. The minimum Gasteiger partial charge on any atom is -0.464 e. The maximum Gasteiger partial charge on any atom is 0.276 e. The standard InChI is InChI=1S/C19H14N2O3/c1-12-17(16-9-6-10-24-16)15(11-20)19(23)21(13(2)22)18(12)14-7-4-3-5-8-14/h3-10H,1-2H3. The molecule has 5 heteroatoms. The smallest absolute Gasteiger partial charge is 0.276 e. The van der Waals surface area contributed by atoms with Crippen LogP contribution in [0.15, 0.2) is 57.9 Å². The fourth-order valence-electron chi connectivity index (χ4n) is 2.87. The molecule has 3 aromatic rings. The molecule has 0 saturated heterocycles. The van der Waals surface area contributed by atoms with Gasteiger partial charge in [-0.15, -0.1) is 0 Å². The lowest BCUT2D eigenvalue weighted by Gasteiger charge is -2.17. The largest absolute Gasteiger partial charge is 0.464 e. The minimum atomic E-state index is -0.638. The SMILES string of the molecule is CC(=O)n1c(-c2ccccc2)c(C)c(-c2ccco2)c(C#N)c1=O. The average Bonchev–Trinajstić information content (AvgIpc) is 3.10. The predicted molar refractivity (Wildman–Crippen MR) is 89.6 cm³/mol. The van der Waals surface area contributed by atoms with Gasteiger partial charge in [0.25, 0.3) is 5.56 Å². The van der Waals surface area contributed by atoms with Crippen LogP contribution in [-0.2, 0) is 0 Å². The molecule has 1 aromatic carbocycles. The zero-order chi connectivity index (χ0) is 17.3. The van der Waals surface area contributed by atoms with Crippen LogP contribution in [0.3, 0.4) is 0 Å². The van der Waals surface area contributed by atoms with Crippen LogP contribution in [0, 0.1) is 18.3 Å². The van der Waals surface area contributed by atoms with Crippen LogP contribution in [-0.4, -0.2) is 10.5 Å². The molecule has 0 spiro atoms. The Morgan fingerprint density at radius 1 is 1.17 bits per heavy atom. The van der Waals surface area contributed by atoms with Gasteiger partial charge in [0.05, 0.1) is 12.0 Å². The Hall–Kier alpha value is -3.39. The number of benzene rings is 1. The van der Waals surface area contributed by atoms with E-state index < -0.39 is 11.5 Å². The molecule has 0 saturated carbocycles. The second kappa shape index (κ2) is 6.01. The van der Waals surface area contributed by atoms with E-state index in [4.69, 9.17) is 4.42 Å². The molecule has 5 nitrogen and oxygen atoms in total. The highest BCUT2D eigenvalue weighted by atomic mass is 16.3. The third kappa shape index (κ3) is 2.34. The van der Waals surface area contributed by atoms with Crippen LogP contribution in [0.1, 0.15) is 22.8 Å². The van der Waals surface area contributed by atoms with Gasteiger partial charge in [-0.1, -0.05) is 30.3 Å². The highest BCUT2D eigenvalue weighted by molar-refractivity contribution is 5.87. The Morgan fingerprint density at radius 2 is 1.88 bits per heavy atom. The predicted octanol–water partition coefficient (Wildman–Crippen LogP) is 3.62. The first-order valence-electron chi connectivity index (χ1n) is 7.36. The molecule has 0 bridgehead atoms. The molecule has 118 valence electrons. The first-order valence-corrected chi connectivity index (χ1v) is 7.36. The summed E-state index contributed by atoms with van der Waals surface area (Å²) in [4.78, 5) is 24.9. The number of furan rings is 1. The van der Waals surface area contributed by atoms with Gasteiger partial charge in [-0.25, -0.2) is 4.57 Å². The molecule has 24 heavy (non-hydrogen) atoms. The monoisotopic (exact) mass is 318 g/mol. The Bertz CT molecular complexity index is 1010. The van der Waals surface area contributed by atoms with Gasteiger partial charge in [-0.05, 0) is 30.2 Å². The number of hydrogen-bond acceptors (Lipinski definition) is 4. The van der Waals surface area contributed by atoms with Crippen molar-refractivity contribution in [3.05, 3.63) is 70.2 Å². The summed E-state index contributed by atoms with van der Waals surface area (Å²) < 4.78 is 6.46. The van der Waals surface area contributed by atoms with Crippen molar-refractivity contribution < 1.29 is 9.21 Å². The third-order valence-corrected chi connectivity index (χ3v) is 3.86. The van der Waals surface area contributed by atoms with Gasteiger partial charge in [0.1, 0.15) is 17.4 Å². The highest BCUT2D eigenvalue weighted by Crippen LogP contribution is 2.32. The van der Waals surface area contributed by atoms with Crippen molar-refractivity contribution in [2.45, 2.75) is 13.8 Å². The van der Waals surface area contributed by atoms with Crippen LogP contribution in [0.4, 0.5) is 0 Å². The summed E-state index contributed by atoms with van der Waals surface area (Å²) in [5.41, 5.74) is 1.52. The molecule has 0 aliphatic carbocycles. The molecule has 0 unspecified atom stereocenters.